The zero-order valence-electron chi connectivity index (χ0n) is 17.9. The first-order valence-electron chi connectivity index (χ1n) is 10.8. The van der Waals surface area contributed by atoms with Crippen LogP contribution in [0.1, 0.15) is 67.1 Å². The number of likely N-dealkylation sites (tertiary alicyclic amines) is 1. The first-order chi connectivity index (χ1) is 14.4. The van der Waals surface area contributed by atoms with Gasteiger partial charge in [0, 0.05) is 44.3 Å². The van der Waals surface area contributed by atoms with Crippen LogP contribution in [0.15, 0.2) is 41.0 Å². The zero-order chi connectivity index (χ0) is 21.3. The summed E-state index contributed by atoms with van der Waals surface area (Å²) in [5, 5.41) is 3.01. The maximum Gasteiger partial charge on any atom is 0.257 e. The van der Waals surface area contributed by atoms with Gasteiger partial charge in [-0.2, -0.15) is 0 Å². The van der Waals surface area contributed by atoms with E-state index in [1.54, 1.807) is 12.3 Å². The third-order valence-corrected chi connectivity index (χ3v) is 6.24. The lowest BCUT2D eigenvalue weighted by Gasteiger charge is -2.47. The van der Waals surface area contributed by atoms with Crippen LogP contribution in [0.5, 0.6) is 5.75 Å². The van der Waals surface area contributed by atoms with Gasteiger partial charge in [0.25, 0.3) is 5.91 Å². The lowest BCUT2D eigenvalue weighted by Crippen LogP contribution is -2.52. The first kappa shape index (κ1) is 20.5. The van der Waals surface area contributed by atoms with Crippen molar-refractivity contribution in [1.29, 1.82) is 0 Å². The molecule has 1 saturated heterocycles. The van der Waals surface area contributed by atoms with Crippen molar-refractivity contribution >= 4 is 11.8 Å². The Labute approximate surface area is 177 Å². The van der Waals surface area contributed by atoms with Crippen molar-refractivity contribution in [3.63, 3.8) is 0 Å². The van der Waals surface area contributed by atoms with E-state index < -0.39 is 0 Å². The van der Waals surface area contributed by atoms with Crippen molar-refractivity contribution in [2.45, 2.75) is 64.0 Å². The Balaban J connectivity index is 1.49. The summed E-state index contributed by atoms with van der Waals surface area (Å²) < 4.78 is 11.8. The van der Waals surface area contributed by atoms with E-state index in [0.717, 1.165) is 30.6 Å². The molecule has 2 aliphatic heterocycles. The second kappa shape index (κ2) is 8.17. The molecule has 6 nitrogen and oxygen atoms in total. The number of nitrogens with zero attached hydrogens (tertiary/aromatic N) is 1. The van der Waals surface area contributed by atoms with Crippen LogP contribution >= 0.6 is 0 Å². The summed E-state index contributed by atoms with van der Waals surface area (Å²) in [5.74, 6) is 1.73. The number of aryl methyl sites for hydroxylation is 1. The normalized spacial score (nSPS) is 20.0. The fourth-order valence-electron chi connectivity index (χ4n) is 4.73. The number of furan rings is 1. The van der Waals surface area contributed by atoms with Gasteiger partial charge in [0.15, 0.2) is 0 Å². The topological polar surface area (TPSA) is 71.8 Å². The van der Waals surface area contributed by atoms with E-state index in [1.807, 2.05) is 43.9 Å². The molecule has 3 heterocycles. The average molecular weight is 411 g/mol. The Morgan fingerprint density at radius 1 is 1.20 bits per heavy atom. The molecule has 2 aliphatic rings. The SMILES string of the molecule is Cc1occc1C(=O)N1CCC2(CC1)C[C@H](CC(=O)NC(C)C)c1ccccc1O2. The molecule has 160 valence electrons. The van der Waals surface area contributed by atoms with E-state index in [4.69, 9.17) is 9.15 Å². The highest BCUT2D eigenvalue weighted by Crippen LogP contribution is 2.46. The number of nitrogens with one attached hydrogen (secondary N) is 1. The summed E-state index contributed by atoms with van der Waals surface area (Å²) in [6.45, 7) is 7.04. The van der Waals surface area contributed by atoms with Gasteiger partial charge in [-0.25, -0.2) is 0 Å². The smallest absolute Gasteiger partial charge is 0.257 e. The molecule has 6 heteroatoms. The minimum absolute atomic E-state index is 0.0140. The van der Waals surface area contributed by atoms with Crippen LogP contribution in [0.2, 0.25) is 0 Å². The maximum absolute atomic E-state index is 12.8. The number of carbonyl (C=O) groups excluding carboxylic acids is 2. The van der Waals surface area contributed by atoms with Crippen LogP contribution in [0.4, 0.5) is 0 Å². The number of hydrogen-bond donors (Lipinski definition) is 1. The van der Waals surface area contributed by atoms with Gasteiger partial charge in [-0.1, -0.05) is 18.2 Å². The molecule has 0 radical (unpaired) electrons. The van der Waals surface area contributed by atoms with Crippen LogP contribution in [0.25, 0.3) is 0 Å². The van der Waals surface area contributed by atoms with Crippen LogP contribution < -0.4 is 10.1 Å². The first-order valence-corrected chi connectivity index (χ1v) is 10.8. The Hall–Kier alpha value is -2.76. The number of para-hydroxylation sites is 1. The minimum Gasteiger partial charge on any atom is -0.487 e. The molecule has 2 aromatic rings. The predicted octanol–water partition coefficient (Wildman–Crippen LogP) is 4.04. The molecule has 0 aliphatic carbocycles. The molecule has 1 aromatic carbocycles. The number of carbonyl (C=O) groups is 2. The molecule has 1 atom stereocenters. The number of rotatable bonds is 4. The Morgan fingerprint density at radius 3 is 2.60 bits per heavy atom. The van der Waals surface area contributed by atoms with Gasteiger partial charge < -0.3 is 19.4 Å². The number of amides is 2. The second-order valence-electron chi connectivity index (χ2n) is 8.83. The molecular weight excluding hydrogens is 380 g/mol. The fourth-order valence-corrected chi connectivity index (χ4v) is 4.73. The summed E-state index contributed by atoms with van der Waals surface area (Å²) in [5.41, 5.74) is 1.40. The molecule has 2 amide bonds. The highest BCUT2D eigenvalue weighted by atomic mass is 16.5. The summed E-state index contributed by atoms with van der Waals surface area (Å²) in [6.07, 6.45) is 4.32. The van der Waals surface area contributed by atoms with E-state index in [-0.39, 0.29) is 29.4 Å². The standard InChI is InChI=1S/C24H30N2O4/c1-16(2)25-22(27)14-18-15-24(30-21-7-5-4-6-20(18)21)9-11-26(12-10-24)23(28)19-8-13-29-17(19)3/h4-8,13,16,18H,9-12,14-15H2,1-3H3,(H,25,27)/t18-/m0/s1. The van der Waals surface area contributed by atoms with Crippen molar-refractivity contribution in [1.82, 2.24) is 10.2 Å². The molecule has 1 fully saturated rings. The third kappa shape index (κ3) is 4.09. The monoisotopic (exact) mass is 410 g/mol. The Bertz CT molecular complexity index is 925. The third-order valence-electron chi connectivity index (χ3n) is 6.24. The Morgan fingerprint density at radius 2 is 1.93 bits per heavy atom. The number of hydrogen-bond acceptors (Lipinski definition) is 4. The average Bonchev–Trinajstić information content (AvgIpc) is 3.13. The molecule has 1 N–H and O–H groups in total. The molecular formula is C24H30N2O4. The predicted molar refractivity (Wildman–Crippen MR) is 114 cm³/mol. The molecule has 4 rings (SSSR count). The highest BCUT2D eigenvalue weighted by Gasteiger charge is 2.44. The van der Waals surface area contributed by atoms with Crippen molar-refractivity contribution < 1.29 is 18.7 Å². The van der Waals surface area contributed by atoms with Crippen molar-refractivity contribution in [2.24, 2.45) is 0 Å². The molecule has 1 spiro atoms. The summed E-state index contributed by atoms with van der Waals surface area (Å²) in [6, 6.07) is 9.90. The number of piperidine rings is 1. The molecule has 0 unspecified atom stereocenters. The number of ether oxygens (including phenoxy) is 1. The largest absolute Gasteiger partial charge is 0.487 e. The van der Waals surface area contributed by atoms with E-state index in [9.17, 15) is 9.59 Å². The van der Waals surface area contributed by atoms with Gasteiger partial charge in [-0.15, -0.1) is 0 Å². The van der Waals surface area contributed by atoms with Crippen molar-refractivity contribution in [3.05, 3.63) is 53.5 Å². The van der Waals surface area contributed by atoms with Crippen LogP contribution in [-0.2, 0) is 4.79 Å². The van der Waals surface area contributed by atoms with Crippen molar-refractivity contribution in [3.8, 4) is 5.75 Å². The molecule has 0 bridgehead atoms. The number of benzene rings is 1. The molecule has 0 saturated carbocycles. The number of fused-ring (bicyclic) bond motifs is 1. The maximum atomic E-state index is 12.8. The van der Waals surface area contributed by atoms with E-state index in [2.05, 4.69) is 11.4 Å². The summed E-state index contributed by atoms with van der Waals surface area (Å²) in [7, 11) is 0. The lowest BCUT2D eigenvalue weighted by molar-refractivity contribution is -0.122. The lowest BCUT2D eigenvalue weighted by atomic mass is 9.76. The van der Waals surface area contributed by atoms with Gasteiger partial charge in [0.1, 0.15) is 17.1 Å². The molecule has 1 aromatic heterocycles. The van der Waals surface area contributed by atoms with E-state index >= 15 is 0 Å². The minimum atomic E-state index is -0.334. The van der Waals surface area contributed by atoms with Crippen LogP contribution in [0.3, 0.4) is 0 Å². The Kier molecular flexibility index (Phi) is 5.58. The molecule has 30 heavy (non-hydrogen) atoms. The van der Waals surface area contributed by atoms with E-state index in [0.29, 0.717) is 30.8 Å². The van der Waals surface area contributed by atoms with Gasteiger partial charge in [-0.3, -0.25) is 9.59 Å². The van der Waals surface area contributed by atoms with Gasteiger partial charge in [0.2, 0.25) is 5.91 Å². The van der Waals surface area contributed by atoms with Gasteiger partial charge >= 0.3 is 0 Å². The van der Waals surface area contributed by atoms with E-state index in [1.165, 1.54) is 0 Å². The van der Waals surface area contributed by atoms with Crippen LogP contribution in [0, 0.1) is 6.92 Å². The second-order valence-corrected chi connectivity index (χ2v) is 8.83. The summed E-state index contributed by atoms with van der Waals surface area (Å²) >= 11 is 0. The van der Waals surface area contributed by atoms with Gasteiger partial charge in [0.05, 0.1) is 11.8 Å². The zero-order valence-corrected chi connectivity index (χ0v) is 17.9. The van der Waals surface area contributed by atoms with Crippen molar-refractivity contribution in [2.75, 3.05) is 13.1 Å². The quantitative estimate of drug-likeness (QED) is 0.826. The van der Waals surface area contributed by atoms with Gasteiger partial charge in [-0.05, 0) is 44.9 Å². The van der Waals surface area contributed by atoms with Crippen LogP contribution in [-0.4, -0.2) is 41.4 Å². The highest BCUT2D eigenvalue weighted by molar-refractivity contribution is 5.95. The summed E-state index contributed by atoms with van der Waals surface area (Å²) in [4.78, 5) is 27.2. The fraction of sp³-hybridized carbons (Fsp3) is 0.500.